The first kappa shape index (κ1) is 12.8. The lowest BCUT2D eigenvalue weighted by atomic mass is 10.0. The zero-order valence-electron chi connectivity index (χ0n) is 10.9. The Bertz CT molecular complexity index is 262. The van der Waals surface area contributed by atoms with Gasteiger partial charge in [-0.3, -0.25) is 4.79 Å². The highest BCUT2D eigenvalue weighted by molar-refractivity contribution is 5.66. The van der Waals surface area contributed by atoms with Crippen molar-refractivity contribution in [1.82, 2.24) is 10.2 Å². The summed E-state index contributed by atoms with van der Waals surface area (Å²) in [7, 11) is 2.17. The maximum absolute atomic E-state index is 11.0. The first-order chi connectivity index (χ1) is 8.15. The van der Waals surface area contributed by atoms with Crippen LogP contribution in [0.25, 0.3) is 0 Å². The Morgan fingerprint density at radius 1 is 1.24 bits per heavy atom. The van der Waals surface area contributed by atoms with Crippen LogP contribution in [-0.4, -0.2) is 49.2 Å². The summed E-state index contributed by atoms with van der Waals surface area (Å²) >= 11 is 0. The van der Waals surface area contributed by atoms with Crippen LogP contribution in [0.5, 0.6) is 0 Å². The Kier molecular flexibility index (Phi) is 4.40. The van der Waals surface area contributed by atoms with Crippen LogP contribution in [0.2, 0.25) is 0 Å². The summed E-state index contributed by atoms with van der Waals surface area (Å²) in [6, 6.07) is 0.986. The molecule has 4 nitrogen and oxygen atoms in total. The van der Waals surface area contributed by atoms with Gasteiger partial charge in [0.1, 0.15) is 6.10 Å². The molecule has 1 saturated heterocycles. The number of hydrogen-bond acceptors (Lipinski definition) is 4. The van der Waals surface area contributed by atoms with Gasteiger partial charge in [-0.1, -0.05) is 0 Å². The highest BCUT2D eigenvalue weighted by atomic mass is 16.5. The molecule has 2 aliphatic rings. The van der Waals surface area contributed by atoms with Gasteiger partial charge in [0.15, 0.2) is 0 Å². The van der Waals surface area contributed by atoms with Gasteiger partial charge in [0, 0.05) is 19.0 Å². The molecule has 1 aliphatic heterocycles. The molecular weight excluding hydrogens is 216 g/mol. The lowest BCUT2D eigenvalue weighted by Gasteiger charge is -2.33. The molecule has 0 aromatic carbocycles. The molecule has 2 rings (SSSR count). The normalized spacial score (nSPS) is 31.6. The predicted molar refractivity (Wildman–Crippen MR) is 66.8 cm³/mol. The number of nitrogens with zero attached hydrogens (tertiary/aromatic N) is 1. The van der Waals surface area contributed by atoms with Gasteiger partial charge >= 0.3 is 5.97 Å². The number of rotatable bonds is 3. The van der Waals surface area contributed by atoms with Crippen LogP contribution in [-0.2, 0) is 9.53 Å². The van der Waals surface area contributed by atoms with E-state index in [0.29, 0.717) is 12.1 Å². The summed E-state index contributed by atoms with van der Waals surface area (Å²) in [6.45, 7) is 3.84. The van der Waals surface area contributed by atoms with Crippen molar-refractivity contribution in [2.45, 2.75) is 57.2 Å². The highest BCUT2D eigenvalue weighted by Gasteiger charge is 2.31. The largest absolute Gasteiger partial charge is 0.461 e. The van der Waals surface area contributed by atoms with Crippen LogP contribution in [0.1, 0.15) is 39.0 Å². The van der Waals surface area contributed by atoms with Crippen molar-refractivity contribution in [2.75, 3.05) is 20.1 Å². The third-order valence-corrected chi connectivity index (χ3v) is 3.94. The molecule has 1 aliphatic carbocycles. The van der Waals surface area contributed by atoms with Crippen molar-refractivity contribution in [3.8, 4) is 0 Å². The van der Waals surface area contributed by atoms with Gasteiger partial charge in [0.25, 0.3) is 0 Å². The molecule has 0 aromatic rings. The molecular formula is C13H24N2O2. The fourth-order valence-corrected chi connectivity index (χ4v) is 2.95. The fourth-order valence-electron chi connectivity index (χ4n) is 2.95. The summed E-state index contributed by atoms with van der Waals surface area (Å²) in [5.74, 6) is -0.146. The average Bonchev–Trinajstić information content (AvgIpc) is 2.68. The Balaban J connectivity index is 1.79. The molecule has 98 valence electrons. The first-order valence-corrected chi connectivity index (χ1v) is 6.77. The number of ether oxygens (including phenoxy) is 1. The zero-order valence-corrected chi connectivity index (χ0v) is 10.9. The standard InChI is InChI=1S/C13H24N2O2/c1-10(16)17-13-5-3-4-12(13)14-11-6-8-15(2)9-7-11/h11-14H,3-9H2,1-2H3. The first-order valence-electron chi connectivity index (χ1n) is 6.77. The second-order valence-electron chi connectivity index (χ2n) is 5.43. The van der Waals surface area contributed by atoms with Gasteiger partial charge < -0.3 is 15.0 Å². The minimum Gasteiger partial charge on any atom is -0.461 e. The molecule has 4 heteroatoms. The smallest absolute Gasteiger partial charge is 0.302 e. The van der Waals surface area contributed by atoms with Gasteiger partial charge in [-0.15, -0.1) is 0 Å². The third-order valence-electron chi connectivity index (χ3n) is 3.94. The van der Waals surface area contributed by atoms with Crippen molar-refractivity contribution in [3.05, 3.63) is 0 Å². The van der Waals surface area contributed by atoms with Gasteiger partial charge in [0.2, 0.25) is 0 Å². The van der Waals surface area contributed by atoms with E-state index in [1.807, 2.05) is 0 Å². The average molecular weight is 240 g/mol. The second kappa shape index (κ2) is 5.83. The highest BCUT2D eigenvalue weighted by Crippen LogP contribution is 2.24. The lowest BCUT2D eigenvalue weighted by Crippen LogP contribution is -2.48. The van der Waals surface area contributed by atoms with E-state index in [2.05, 4.69) is 17.3 Å². The molecule has 0 bridgehead atoms. The van der Waals surface area contributed by atoms with Gasteiger partial charge in [-0.2, -0.15) is 0 Å². The van der Waals surface area contributed by atoms with E-state index >= 15 is 0 Å². The number of nitrogens with one attached hydrogen (secondary N) is 1. The molecule has 0 spiro atoms. The van der Waals surface area contributed by atoms with Gasteiger partial charge in [-0.25, -0.2) is 0 Å². The van der Waals surface area contributed by atoms with Crippen LogP contribution in [0.15, 0.2) is 0 Å². The molecule has 1 N–H and O–H groups in total. The van der Waals surface area contributed by atoms with Crippen molar-refractivity contribution in [1.29, 1.82) is 0 Å². The quantitative estimate of drug-likeness (QED) is 0.752. The molecule has 17 heavy (non-hydrogen) atoms. The number of likely N-dealkylation sites (tertiary alicyclic amines) is 1. The summed E-state index contributed by atoms with van der Waals surface area (Å²) in [6.07, 6.45) is 5.85. The van der Waals surface area contributed by atoms with Crippen LogP contribution in [0.4, 0.5) is 0 Å². The summed E-state index contributed by atoms with van der Waals surface area (Å²) < 4.78 is 5.37. The SMILES string of the molecule is CC(=O)OC1CCCC1NC1CCN(C)CC1. The van der Waals surface area contributed by atoms with Crippen LogP contribution < -0.4 is 5.32 Å². The Labute approximate surface area is 104 Å². The van der Waals surface area contributed by atoms with E-state index in [-0.39, 0.29) is 12.1 Å². The minimum atomic E-state index is -0.146. The maximum Gasteiger partial charge on any atom is 0.302 e. The molecule has 2 unspecified atom stereocenters. The Hall–Kier alpha value is -0.610. The molecule has 0 radical (unpaired) electrons. The van der Waals surface area contributed by atoms with E-state index < -0.39 is 0 Å². The van der Waals surface area contributed by atoms with E-state index in [9.17, 15) is 4.79 Å². The van der Waals surface area contributed by atoms with Crippen LogP contribution in [0, 0.1) is 0 Å². The van der Waals surface area contributed by atoms with Crippen molar-refractivity contribution in [3.63, 3.8) is 0 Å². The molecule has 2 atom stereocenters. The second-order valence-corrected chi connectivity index (χ2v) is 5.43. The molecule has 0 aromatic heterocycles. The van der Waals surface area contributed by atoms with E-state index in [1.165, 1.54) is 39.3 Å². The van der Waals surface area contributed by atoms with Gasteiger partial charge in [-0.05, 0) is 52.2 Å². The maximum atomic E-state index is 11.0. The van der Waals surface area contributed by atoms with Crippen molar-refractivity contribution in [2.24, 2.45) is 0 Å². The van der Waals surface area contributed by atoms with Gasteiger partial charge in [0.05, 0.1) is 0 Å². The Morgan fingerprint density at radius 2 is 1.94 bits per heavy atom. The number of carbonyl (C=O) groups is 1. The molecule has 1 heterocycles. The van der Waals surface area contributed by atoms with Crippen molar-refractivity contribution >= 4 is 5.97 Å². The predicted octanol–water partition coefficient (Wildman–Crippen LogP) is 1.15. The van der Waals surface area contributed by atoms with Crippen LogP contribution in [0.3, 0.4) is 0 Å². The summed E-state index contributed by atoms with van der Waals surface area (Å²) in [4.78, 5) is 13.4. The fraction of sp³-hybridized carbons (Fsp3) is 0.923. The van der Waals surface area contributed by atoms with Crippen LogP contribution >= 0.6 is 0 Å². The number of hydrogen-bond donors (Lipinski definition) is 1. The van der Waals surface area contributed by atoms with E-state index in [0.717, 1.165) is 12.8 Å². The number of carbonyl (C=O) groups excluding carboxylic acids is 1. The Morgan fingerprint density at radius 3 is 2.59 bits per heavy atom. The van der Waals surface area contributed by atoms with Crippen molar-refractivity contribution < 1.29 is 9.53 Å². The topological polar surface area (TPSA) is 41.6 Å². The number of esters is 1. The molecule has 1 saturated carbocycles. The lowest BCUT2D eigenvalue weighted by molar-refractivity contribution is -0.147. The monoisotopic (exact) mass is 240 g/mol. The zero-order chi connectivity index (χ0) is 12.3. The minimum absolute atomic E-state index is 0.104. The van der Waals surface area contributed by atoms with E-state index in [4.69, 9.17) is 4.74 Å². The number of piperidine rings is 1. The summed E-state index contributed by atoms with van der Waals surface area (Å²) in [5.41, 5.74) is 0. The third kappa shape index (κ3) is 3.68. The van der Waals surface area contributed by atoms with E-state index in [1.54, 1.807) is 0 Å². The summed E-state index contributed by atoms with van der Waals surface area (Å²) in [5, 5.41) is 3.69. The molecule has 0 amide bonds. The molecule has 2 fully saturated rings.